The van der Waals surface area contributed by atoms with Crippen LogP contribution in [0, 0.1) is 13.8 Å². The van der Waals surface area contributed by atoms with Gasteiger partial charge in [0.25, 0.3) is 0 Å². The number of carbonyl (C=O) groups excluding carboxylic acids is 1. The molecule has 4 aromatic rings. The lowest BCUT2D eigenvalue weighted by Gasteiger charge is -2.21. The first-order valence-electron chi connectivity index (χ1n) is 13.5. The Labute approximate surface area is 220 Å². The molecule has 2 heterocycles. The number of imidazole rings is 1. The van der Waals surface area contributed by atoms with E-state index < -0.39 is 0 Å². The number of para-hydroxylation sites is 4. The van der Waals surface area contributed by atoms with Crippen LogP contribution in [0.5, 0.6) is 5.75 Å². The number of aryl methyl sites for hydroxylation is 3. The summed E-state index contributed by atoms with van der Waals surface area (Å²) in [6.07, 6.45) is 2.43. The largest absolute Gasteiger partial charge is 0.493 e. The van der Waals surface area contributed by atoms with Crippen molar-refractivity contribution in [1.82, 2.24) is 9.55 Å². The molecule has 1 fully saturated rings. The first-order valence-corrected chi connectivity index (χ1v) is 13.5. The Bertz CT molecular complexity index is 1380. The molecule has 3 aromatic carbocycles. The third-order valence-electron chi connectivity index (χ3n) is 7.46. The highest BCUT2D eigenvalue weighted by atomic mass is 16.5. The molecule has 5 rings (SSSR count). The minimum atomic E-state index is 0.0769. The zero-order valence-electron chi connectivity index (χ0n) is 22.4. The lowest BCUT2D eigenvalue weighted by Crippen LogP contribution is -2.26. The molecular formula is C32H37N3O2. The molecule has 1 aliphatic rings. The van der Waals surface area contributed by atoms with E-state index in [1.165, 1.54) is 5.56 Å². The van der Waals surface area contributed by atoms with Gasteiger partial charge in [0, 0.05) is 31.1 Å². The van der Waals surface area contributed by atoms with Crippen LogP contribution in [0.3, 0.4) is 0 Å². The average Bonchev–Trinajstić information content (AvgIpc) is 3.44. The van der Waals surface area contributed by atoms with Gasteiger partial charge in [-0.2, -0.15) is 0 Å². The van der Waals surface area contributed by atoms with Crippen molar-refractivity contribution >= 4 is 22.6 Å². The van der Waals surface area contributed by atoms with Crippen molar-refractivity contribution in [2.75, 3.05) is 18.1 Å². The molecule has 37 heavy (non-hydrogen) atoms. The maximum Gasteiger partial charge on any atom is 0.227 e. The second-order valence-electron chi connectivity index (χ2n) is 10.5. The van der Waals surface area contributed by atoms with Crippen LogP contribution in [-0.4, -0.2) is 28.6 Å². The summed E-state index contributed by atoms with van der Waals surface area (Å²) in [5.74, 6) is 2.70. The van der Waals surface area contributed by atoms with E-state index >= 15 is 0 Å². The standard InChI is InChI=1S/C32H37N3O2/c1-22(2)26-14-5-8-17-29(26)37-19-10-9-18-34-28-16-7-6-15-27(28)33-32(34)25-20-30(36)35(21-25)31-23(3)12-11-13-24(31)4/h5-8,11-17,22,25H,9-10,18-21H2,1-4H3. The molecule has 0 bridgehead atoms. The first-order chi connectivity index (χ1) is 17.9. The molecule has 0 radical (unpaired) electrons. The lowest BCUT2D eigenvalue weighted by atomic mass is 10.0. The van der Waals surface area contributed by atoms with Crippen LogP contribution in [0.15, 0.2) is 66.7 Å². The molecule has 0 N–H and O–H groups in total. The Morgan fingerprint density at radius 2 is 1.68 bits per heavy atom. The number of rotatable bonds is 9. The van der Waals surface area contributed by atoms with Gasteiger partial charge < -0.3 is 14.2 Å². The minimum absolute atomic E-state index is 0.0769. The Hall–Kier alpha value is -3.60. The second-order valence-corrected chi connectivity index (χ2v) is 10.5. The highest BCUT2D eigenvalue weighted by Crippen LogP contribution is 2.36. The van der Waals surface area contributed by atoms with Gasteiger partial charge in [-0.15, -0.1) is 0 Å². The molecule has 0 spiro atoms. The predicted octanol–water partition coefficient (Wildman–Crippen LogP) is 7.16. The van der Waals surface area contributed by atoms with Gasteiger partial charge in [-0.05, 0) is 67.5 Å². The molecule has 5 heteroatoms. The summed E-state index contributed by atoms with van der Waals surface area (Å²) in [6, 6.07) is 22.9. The third-order valence-corrected chi connectivity index (χ3v) is 7.46. The van der Waals surface area contributed by atoms with Gasteiger partial charge in [0.1, 0.15) is 11.6 Å². The summed E-state index contributed by atoms with van der Waals surface area (Å²) >= 11 is 0. The van der Waals surface area contributed by atoms with Gasteiger partial charge in [0.15, 0.2) is 0 Å². The summed E-state index contributed by atoms with van der Waals surface area (Å²) < 4.78 is 8.50. The van der Waals surface area contributed by atoms with Crippen molar-refractivity contribution < 1.29 is 9.53 Å². The number of aromatic nitrogens is 2. The summed E-state index contributed by atoms with van der Waals surface area (Å²) in [6.45, 7) is 10.8. The van der Waals surface area contributed by atoms with Crippen molar-refractivity contribution in [1.29, 1.82) is 0 Å². The highest BCUT2D eigenvalue weighted by Gasteiger charge is 2.35. The average molecular weight is 496 g/mol. The number of unbranched alkanes of at least 4 members (excludes halogenated alkanes) is 1. The number of nitrogens with zero attached hydrogens (tertiary/aromatic N) is 3. The van der Waals surface area contributed by atoms with Crippen molar-refractivity contribution in [2.45, 2.75) is 65.3 Å². The normalized spacial score (nSPS) is 15.8. The van der Waals surface area contributed by atoms with Crippen molar-refractivity contribution in [3.05, 3.63) is 89.2 Å². The molecule has 1 aromatic heterocycles. The van der Waals surface area contributed by atoms with E-state index in [2.05, 4.69) is 86.9 Å². The SMILES string of the molecule is Cc1cccc(C)c1N1CC(c2nc3ccccc3n2CCCCOc2ccccc2C(C)C)CC1=O. The Morgan fingerprint density at radius 1 is 0.946 bits per heavy atom. The van der Waals surface area contributed by atoms with Crippen LogP contribution < -0.4 is 9.64 Å². The first kappa shape index (κ1) is 25.1. The number of fused-ring (bicyclic) bond motifs is 1. The van der Waals surface area contributed by atoms with Crippen LogP contribution in [0.25, 0.3) is 11.0 Å². The monoisotopic (exact) mass is 495 g/mol. The fourth-order valence-corrected chi connectivity index (χ4v) is 5.61. The fourth-order valence-electron chi connectivity index (χ4n) is 5.61. The van der Waals surface area contributed by atoms with Crippen LogP contribution in [0.1, 0.15) is 67.5 Å². The molecular weight excluding hydrogens is 458 g/mol. The molecule has 1 unspecified atom stereocenters. The van der Waals surface area contributed by atoms with Crippen molar-refractivity contribution in [2.24, 2.45) is 0 Å². The molecule has 0 aliphatic carbocycles. The van der Waals surface area contributed by atoms with Crippen LogP contribution in [0.2, 0.25) is 0 Å². The molecule has 192 valence electrons. The zero-order valence-corrected chi connectivity index (χ0v) is 22.4. The number of amides is 1. The van der Waals surface area contributed by atoms with E-state index in [0.29, 0.717) is 25.5 Å². The summed E-state index contributed by atoms with van der Waals surface area (Å²) in [5, 5.41) is 0. The Balaban J connectivity index is 1.31. The van der Waals surface area contributed by atoms with Crippen LogP contribution in [0.4, 0.5) is 5.69 Å². The topological polar surface area (TPSA) is 47.4 Å². The van der Waals surface area contributed by atoms with E-state index in [9.17, 15) is 4.79 Å². The van der Waals surface area contributed by atoms with Crippen molar-refractivity contribution in [3.63, 3.8) is 0 Å². The number of benzene rings is 3. The molecule has 1 saturated heterocycles. The van der Waals surface area contributed by atoms with E-state index in [1.54, 1.807) is 0 Å². The number of carbonyl (C=O) groups is 1. The maximum absolute atomic E-state index is 13.2. The number of ether oxygens (including phenoxy) is 1. The van der Waals surface area contributed by atoms with Crippen LogP contribution >= 0.6 is 0 Å². The van der Waals surface area contributed by atoms with Crippen LogP contribution in [-0.2, 0) is 11.3 Å². The third kappa shape index (κ3) is 5.13. The number of hydrogen-bond donors (Lipinski definition) is 0. The second kappa shape index (κ2) is 10.8. The van der Waals surface area contributed by atoms with E-state index in [0.717, 1.165) is 58.8 Å². The zero-order chi connectivity index (χ0) is 25.9. The molecule has 0 saturated carbocycles. The smallest absolute Gasteiger partial charge is 0.227 e. The minimum Gasteiger partial charge on any atom is -0.493 e. The Kier molecular flexibility index (Phi) is 7.31. The van der Waals surface area contributed by atoms with Gasteiger partial charge >= 0.3 is 0 Å². The van der Waals surface area contributed by atoms with Gasteiger partial charge in [0.05, 0.1) is 17.6 Å². The maximum atomic E-state index is 13.2. The quantitative estimate of drug-likeness (QED) is 0.232. The van der Waals surface area contributed by atoms with E-state index in [4.69, 9.17) is 9.72 Å². The summed E-state index contributed by atoms with van der Waals surface area (Å²) in [4.78, 5) is 20.2. The molecule has 1 aliphatic heterocycles. The number of anilines is 1. The summed E-state index contributed by atoms with van der Waals surface area (Å²) in [7, 11) is 0. The van der Waals surface area contributed by atoms with Gasteiger partial charge in [-0.1, -0.05) is 62.4 Å². The predicted molar refractivity (Wildman–Crippen MR) is 151 cm³/mol. The number of hydrogen-bond acceptors (Lipinski definition) is 3. The van der Waals surface area contributed by atoms with E-state index in [-0.39, 0.29) is 11.8 Å². The van der Waals surface area contributed by atoms with Crippen molar-refractivity contribution in [3.8, 4) is 5.75 Å². The van der Waals surface area contributed by atoms with Gasteiger partial charge in [-0.3, -0.25) is 4.79 Å². The van der Waals surface area contributed by atoms with E-state index in [1.807, 2.05) is 17.0 Å². The molecule has 1 amide bonds. The highest BCUT2D eigenvalue weighted by molar-refractivity contribution is 5.98. The summed E-state index contributed by atoms with van der Waals surface area (Å²) in [5.41, 5.74) is 6.73. The molecule has 5 nitrogen and oxygen atoms in total. The lowest BCUT2D eigenvalue weighted by molar-refractivity contribution is -0.117. The Morgan fingerprint density at radius 3 is 2.46 bits per heavy atom. The fraction of sp³-hybridized carbons (Fsp3) is 0.375. The van der Waals surface area contributed by atoms with Gasteiger partial charge in [-0.25, -0.2) is 4.98 Å². The van der Waals surface area contributed by atoms with Gasteiger partial charge in [0.2, 0.25) is 5.91 Å². The molecule has 1 atom stereocenters.